The molecular weight excluding hydrogens is 293 g/mol. The van der Waals surface area contributed by atoms with Gasteiger partial charge in [0.15, 0.2) is 0 Å². The minimum atomic E-state index is -3.97. The summed E-state index contributed by atoms with van der Waals surface area (Å²) >= 11 is 0. The SMILES string of the molecule is COC(=O)c1cc(F)ccc1NS(=O)(=O)CCC(=O)O. The second kappa shape index (κ2) is 6.33. The molecule has 0 heterocycles. The topological polar surface area (TPSA) is 110 Å². The van der Waals surface area contributed by atoms with Crippen molar-refractivity contribution < 1.29 is 32.2 Å². The normalized spacial score (nSPS) is 10.9. The van der Waals surface area contributed by atoms with Crippen molar-refractivity contribution >= 4 is 27.6 Å². The van der Waals surface area contributed by atoms with E-state index in [1.54, 1.807) is 0 Å². The monoisotopic (exact) mass is 305 g/mol. The fourth-order valence-electron chi connectivity index (χ4n) is 1.32. The average Bonchev–Trinajstić information content (AvgIpc) is 2.37. The van der Waals surface area contributed by atoms with Gasteiger partial charge in [0, 0.05) is 0 Å². The Labute approximate surface area is 114 Å². The molecule has 1 aromatic carbocycles. The van der Waals surface area contributed by atoms with Crippen LogP contribution in [0.15, 0.2) is 18.2 Å². The number of carbonyl (C=O) groups excluding carboxylic acids is 1. The third kappa shape index (κ3) is 4.50. The molecule has 0 aromatic heterocycles. The summed E-state index contributed by atoms with van der Waals surface area (Å²) in [5, 5.41) is 8.44. The van der Waals surface area contributed by atoms with Crippen molar-refractivity contribution in [2.45, 2.75) is 6.42 Å². The molecule has 0 amide bonds. The fourth-order valence-corrected chi connectivity index (χ4v) is 2.38. The first-order chi connectivity index (χ1) is 9.25. The third-order valence-corrected chi connectivity index (χ3v) is 3.51. The number of methoxy groups -OCH3 is 1. The number of esters is 1. The largest absolute Gasteiger partial charge is 0.481 e. The summed E-state index contributed by atoms with van der Waals surface area (Å²) in [5.41, 5.74) is -0.477. The lowest BCUT2D eigenvalue weighted by molar-refractivity contribution is -0.136. The quantitative estimate of drug-likeness (QED) is 0.753. The van der Waals surface area contributed by atoms with Crippen molar-refractivity contribution in [3.63, 3.8) is 0 Å². The highest BCUT2D eigenvalue weighted by Gasteiger charge is 2.19. The van der Waals surface area contributed by atoms with Gasteiger partial charge >= 0.3 is 11.9 Å². The molecule has 0 atom stereocenters. The summed E-state index contributed by atoms with van der Waals surface area (Å²) in [6, 6.07) is 2.84. The predicted molar refractivity (Wildman–Crippen MR) is 67.4 cm³/mol. The van der Waals surface area contributed by atoms with E-state index >= 15 is 0 Å². The number of carbonyl (C=O) groups is 2. The van der Waals surface area contributed by atoms with Crippen molar-refractivity contribution in [1.29, 1.82) is 0 Å². The van der Waals surface area contributed by atoms with E-state index < -0.39 is 40.0 Å². The number of aliphatic carboxylic acids is 1. The Morgan fingerprint density at radius 1 is 1.40 bits per heavy atom. The molecular formula is C11H12FNO6S. The number of sulfonamides is 1. The molecule has 0 radical (unpaired) electrons. The van der Waals surface area contributed by atoms with E-state index in [1.807, 2.05) is 4.72 Å². The van der Waals surface area contributed by atoms with Gasteiger partial charge in [-0.3, -0.25) is 9.52 Å². The van der Waals surface area contributed by atoms with E-state index in [4.69, 9.17) is 5.11 Å². The molecule has 7 nitrogen and oxygen atoms in total. The van der Waals surface area contributed by atoms with Crippen LogP contribution in [0.2, 0.25) is 0 Å². The van der Waals surface area contributed by atoms with Gasteiger partial charge in [-0.15, -0.1) is 0 Å². The molecule has 0 spiro atoms. The molecule has 0 saturated carbocycles. The summed E-state index contributed by atoms with van der Waals surface area (Å²) in [7, 11) is -2.90. The number of nitrogens with one attached hydrogen (secondary N) is 1. The minimum absolute atomic E-state index is 0.177. The van der Waals surface area contributed by atoms with Crippen molar-refractivity contribution in [2.24, 2.45) is 0 Å². The maximum Gasteiger partial charge on any atom is 0.340 e. The lowest BCUT2D eigenvalue weighted by Gasteiger charge is -2.11. The third-order valence-electron chi connectivity index (χ3n) is 2.24. The van der Waals surface area contributed by atoms with E-state index in [0.717, 1.165) is 25.3 Å². The first-order valence-electron chi connectivity index (χ1n) is 5.35. The van der Waals surface area contributed by atoms with Gasteiger partial charge in [-0.2, -0.15) is 0 Å². The minimum Gasteiger partial charge on any atom is -0.481 e. The van der Waals surface area contributed by atoms with Gasteiger partial charge in [-0.05, 0) is 18.2 Å². The van der Waals surface area contributed by atoms with Crippen molar-refractivity contribution in [3.05, 3.63) is 29.6 Å². The zero-order valence-electron chi connectivity index (χ0n) is 10.4. The molecule has 0 aliphatic carbocycles. The summed E-state index contributed by atoms with van der Waals surface area (Å²) in [6.45, 7) is 0. The van der Waals surface area contributed by atoms with Gasteiger partial charge < -0.3 is 9.84 Å². The highest BCUT2D eigenvalue weighted by atomic mass is 32.2. The molecule has 0 fully saturated rings. The molecule has 1 aromatic rings. The number of halogens is 1. The van der Waals surface area contributed by atoms with Crippen molar-refractivity contribution in [2.75, 3.05) is 17.6 Å². The van der Waals surface area contributed by atoms with Gasteiger partial charge in [-0.1, -0.05) is 0 Å². The molecule has 0 aliphatic heterocycles. The molecule has 0 unspecified atom stereocenters. The zero-order chi connectivity index (χ0) is 15.3. The van der Waals surface area contributed by atoms with Crippen LogP contribution < -0.4 is 4.72 Å². The molecule has 0 aliphatic rings. The summed E-state index contributed by atoms with van der Waals surface area (Å²) in [6.07, 6.45) is -0.593. The lowest BCUT2D eigenvalue weighted by Crippen LogP contribution is -2.20. The Hall–Kier alpha value is -2.16. The lowest BCUT2D eigenvalue weighted by atomic mass is 10.2. The maximum absolute atomic E-state index is 13.1. The first kappa shape index (κ1) is 15.9. The molecule has 0 bridgehead atoms. The van der Waals surface area contributed by atoms with Crippen LogP contribution in [-0.2, 0) is 19.6 Å². The number of benzene rings is 1. The number of carboxylic acid groups (broad SMARTS) is 1. The predicted octanol–water partition coefficient (Wildman–Crippen LogP) is 0.829. The number of hydrogen-bond acceptors (Lipinski definition) is 5. The second-order valence-electron chi connectivity index (χ2n) is 3.75. The number of carboxylic acids is 1. The standard InChI is InChI=1S/C11H12FNO6S/c1-19-11(16)8-6-7(12)2-3-9(8)13-20(17,18)5-4-10(14)15/h2-3,6,13H,4-5H2,1H3,(H,14,15). The Balaban J connectivity index is 3.03. The van der Waals surface area contributed by atoms with Gasteiger partial charge in [0.1, 0.15) is 5.82 Å². The molecule has 1 rings (SSSR count). The fraction of sp³-hybridized carbons (Fsp3) is 0.273. The van der Waals surface area contributed by atoms with Crippen molar-refractivity contribution in [1.82, 2.24) is 0 Å². The van der Waals surface area contributed by atoms with Crippen LogP contribution in [0.3, 0.4) is 0 Å². The second-order valence-corrected chi connectivity index (χ2v) is 5.59. The summed E-state index contributed by atoms with van der Waals surface area (Å²) in [4.78, 5) is 21.8. The van der Waals surface area contributed by atoms with Crippen LogP contribution in [0, 0.1) is 5.82 Å². The molecule has 110 valence electrons. The van der Waals surface area contributed by atoms with E-state index in [2.05, 4.69) is 4.74 Å². The van der Waals surface area contributed by atoms with Crippen LogP contribution >= 0.6 is 0 Å². The Morgan fingerprint density at radius 3 is 2.60 bits per heavy atom. The van der Waals surface area contributed by atoms with Crippen LogP contribution in [0.25, 0.3) is 0 Å². The van der Waals surface area contributed by atoms with E-state index in [0.29, 0.717) is 0 Å². The maximum atomic E-state index is 13.1. The van der Waals surface area contributed by atoms with E-state index in [9.17, 15) is 22.4 Å². The molecule has 2 N–H and O–H groups in total. The summed E-state index contributed by atoms with van der Waals surface area (Å²) < 4.78 is 42.8. The zero-order valence-corrected chi connectivity index (χ0v) is 11.2. The highest BCUT2D eigenvalue weighted by Crippen LogP contribution is 2.19. The average molecular weight is 305 g/mol. The molecule has 20 heavy (non-hydrogen) atoms. The van der Waals surface area contributed by atoms with Crippen LogP contribution in [0.1, 0.15) is 16.8 Å². The smallest absolute Gasteiger partial charge is 0.340 e. The van der Waals surface area contributed by atoms with Gasteiger partial charge in [0.2, 0.25) is 10.0 Å². The highest BCUT2D eigenvalue weighted by molar-refractivity contribution is 7.92. The van der Waals surface area contributed by atoms with Crippen molar-refractivity contribution in [3.8, 4) is 0 Å². The van der Waals surface area contributed by atoms with E-state index in [-0.39, 0.29) is 11.3 Å². The number of hydrogen-bond donors (Lipinski definition) is 2. The van der Waals surface area contributed by atoms with Crippen LogP contribution in [0.4, 0.5) is 10.1 Å². The molecule has 0 saturated heterocycles. The Morgan fingerprint density at radius 2 is 2.05 bits per heavy atom. The van der Waals surface area contributed by atoms with Crippen LogP contribution in [0.5, 0.6) is 0 Å². The summed E-state index contributed by atoms with van der Waals surface area (Å²) in [5.74, 6) is -3.60. The first-order valence-corrected chi connectivity index (χ1v) is 7.00. The number of anilines is 1. The Kier molecular flexibility index (Phi) is 5.03. The number of ether oxygens (including phenoxy) is 1. The number of rotatable bonds is 6. The van der Waals surface area contributed by atoms with Gasteiger partial charge in [0.05, 0.1) is 30.5 Å². The van der Waals surface area contributed by atoms with Crippen LogP contribution in [-0.4, -0.2) is 38.3 Å². The van der Waals surface area contributed by atoms with E-state index in [1.165, 1.54) is 0 Å². The Bertz CT molecular complexity index is 628. The van der Waals surface area contributed by atoms with Gasteiger partial charge in [-0.25, -0.2) is 17.6 Å². The van der Waals surface area contributed by atoms with Gasteiger partial charge in [0.25, 0.3) is 0 Å². The molecule has 9 heteroatoms.